The van der Waals surface area contributed by atoms with Crippen molar-refractivity contribution in [2.75, 3.05) is 5.73 Å². The van der Waals surface area contributed by atoms with Gasteiger partial charge < -0.3 is 5.73 Å². The van der Waals surface area contributed by atoms with Crippen molar-refractivity contribution in [3.8, 4) is 17.2 Å². The van der Waals surface area contributed by atoms with Crippen LogP contribution >= 0.6 is 11.3 Å². The fourth-order valence-electron chi connectivity index (χ4n) is 2.11. The molecule has 1 aromatic carbocycles. The molecule has 1 aromatic heterocycles. The quantitative estimate of drug-likeness (QED) is 0.623. The minimum Gasteiger partial charge on any atom is -0.389 e. The summed E-state index contributed by atoms with van der Waals surface area (Å²) >= 11 is 1.54. The van der Waals surface area contributed by atoms with Crippen molar-refractivity contribution >= 4 is 16.3 Å². The molecule has 1 heterocycles. The van der Waals surface area contributed by atoms with Crippen molar-refractivity contribution < 1.29 is 0 Å². The van der Waals surface area contributed by atoms with E-state index in [4.69, 9.17) is 11.0 Å². The number of nitrogen functional groups attached to an aromatic ring is 1. The van der Waals surface area contributed by atoms with Crippen LogP contribution in [0.5, 0.6) is 0 Å². The topological polar surface area (TPSA) is 49.8 Å². The van der Waals surface area contributed by atoms with Gasteiger partial charge in [0.05, 0.1) is 5.56 Å². The van der Waals surface area contributed by atoms with Gasteiger partial charge >= 0.3 is 0 Å². The number of thiophene rings is 1. The van der Waals surface area contributed by atoms with Gasteiger partial charge in [0.25, 0.3) is 0 Å². The first kappa shape index (κ1) is 8.51. The van der Waals surface area contributed by atoms with Gasteiger partial charge in [-0.15, -0.1) is 11.3 Å². The van der Waals surface area contributed by atoms with Crippen LogP contribution in [-0.4, -0.2) is 0 Å². The zero-order chi connectivity index (χ0) is 10.4. The number of rotatable bonds is 0. The van der Waals surface area contributed by atoms with E-state index in [9.17, 15) is 0 Å². The fraction of sp³-hybridized carbons (Fsp3) is 0.0833. The lowest BCUT2D eigenvalue weighted by molar-refractivity contribution is 1.31. The Bertz CT molecular complexity index is 590. The summed E-state index contributed by atoms with van der Waals surface area (Å²) in [5.74, 6) is 0. The molecule has 0 radical (unpaired) electrons. The Balaban J connectivity index is 2.36. The third kappa shape index (κ3) is 1.03. The molecule has 0 amide bonds. The molecule has 0 unspecified atom stereocenters. The summed E-state index contributed by atoms with van der Waals surface area (Å²) in [7, 11) is 0. The van der Waals surface area contributed by atoms with E-state index in [0.717, 1.165) is 12.0 Å². The van der Waals surface area contributed by atoms with E-state index in [0.29, 0.717) is 10.6 Å². The Kier molecular flexibility index (Phi) is 1.62. The van der Waals surface area contributed by atoms with E-state index in [1.54, 1.807) is 0 Å². The zero-order valence-electron chi connectivity index (χ0n) is 7.95. The smallest absolute Gasteiger partial charge is 0.105 e. The molecule has 0 aliphatic heterocycles. The number of nitrogens with two attached hydrogens (primary N) is 1. The molecular weight excluding hydrogens is 204 g/mol. The molecule has 15 heavy (non-hydrogen) atoms. The van der Waals surface area contributed by atoms with Crippen molar-refractivity contribution in [2.24, 2.45) is 0 Å². The standard InChI is InChI=1S/C12H8N2S/c13-6-9-11-8-4-2-1-3-7(8)5-10(11)15-12(9)14/h1-4H,5,14H2. The van der Waals surface area contributed by atoms with E-state index >= 15 is 0 Å². The van der Waals surface area contributed by atoms with Gasteiger partial charge in [-0.05, 0) is 11.1 Å². The number of nitriles is 1. The monoisotopic (exact) mass is 212 g/mol. The van der Waals surface area contributed by atoms with E-state index in [2.05, 4.69) is 18.2 Å². The predicted octanol–water partition coefficient (Wildman–Crippen LogP) is 2.77. The Morgan fingerprint density at radius 2 is 2.13 bits per heavy atom. The molecule has 2 N–H and O–H groups in total. The van der Waals surface area contributed by atoms with E-state index < -0.39 is 0 Å². The third-order valence-corrected chi connectivity index (χ3v) is 3.78. The molecule has 0 saturated heterocycles. The van der Waals surface area contributed by atoms with Crippen LogP contribution in [0.1, 0.15) is 16.0 Å². The molecule has 3 heteroatoms. The maximum Gasteiger partial charge on any atom is 0.105 e. The molecule has 72 valence electrons. The van der Waals surface area contributed by atoms with Gasteiger partial charge in [-0.25, -0.2) is 0 Å². The van der Waals surface area contributed by atoms with Gasteiger partial charge in [-0.2, -0.15) is 5.26 Å². The molecule has 1 aliphatic carbocycles. The zero-order valence-corrected chi connectivity index (χ0v) is 8.77. The minimum absolute atomic E-state index is 0.650. The first-order valence-corrected chi connectivity index (χ1v) is 5.52. The molecule has 0 atom stereocenters. The highest BCUT2D eigenvalue weighted by Crippen LogP contribution is 2.45. The molecule has 0 spiro atoms. The van der Waals surface area contributed by atoms with Crippen LogP contribution in [0.3, 0.4) is 0 Å². The number of benzene rings is 1. The summed E-state index contributed by atoms with van der Waals surface area (Å²) in [6, 6.07) is 10.4. The SMILES string of the molecule is N#Cc1c(N)sc2c1-c1ccccc1C2. The lowest BCUT2D eigenvalue weighted by atomic mass is 10.0. The highest BCUT2D eigenvalue weighted by Gasteiger charge is 2.25. The lowest BCUT2D eigenvalue weighted by Gasteiger charge is -1.98. The van der Waals surface area contributed by atoms with Crippen LogP contribution < -0.4 is 5.73 Å². The molecule has 0 fully saturated rings. The molecule has 2 aromatic rings. The average Bonchev–Trinajstić information content (AvgIpc) is 2.72. The van der Waals surface area contributed by atoms with Crippen LogP contribution in [0, 0.1) is 11.3 Å². The maximum absolute atomic E-state index is 9.07. The summed E-state index contributed by atoms with van der Waals surface area (Å²) in [5, 5.41) is 9.72. The van der Waals surface area contributed by atoms with E-state index in [1.165, 1.54) is 27.3 Å². The first-order valence-electron chi connectivity index (χ1n) is 4.70. The second-order valence-electron chi connectivity index (χ2n) is 3.59. The average molecular weight is 212 g/mol. The number of fused-ring (bicyclic) bond motifs is 3. The largest absolute Gasteiger partial charge is 0.389 e. The van der Waals surface area contributed by atoms with Crippen LogP contribution in [0.15, 0.2) is 24.3 Å². The molecule has 0 bridgehead atoms. The second-order valence-corrected chi connectivity index (χ2v) is 4.72. The highest BCUT2D eigenvalue weighted by atomic mass is 32.1. The van der Waals surface area contributed by atoms with Crippen molar-refractivity contribution in [1.29, 1.82) is 5.26 Å². The normalized spacial score (nSPS) is 11.9. The fourth-order valence-corrected chi connectivity index (χ4v) is 3.17. The van der Waals surface area contributed by atoms with Crippen LogP contribution in [0.25, 0.3) is 11.1 Å². The molecule has 2 nitrogen and oxygen atoms in total. The van der Waals surface area contributed by atoms with Crippen LogP contribution in [-0.2, 0) is 6.42 Å². The van der Waals surface area contributed by atoms with Gasteiger partial charge in [-0.3, -0.25) is 0 Å². The van der Waals surface area contributed by atoms with Gasteiger partial charge in [0.2, 0.25) is 0 Å². The molecular formula is C12H8N2S. The van der Waals surface area contributed by atoms with Gasteiger partial charge in [0.1, 0.15) is 11.1 Å². The Morgan fingerprint density at radius 3 is 2.93 bits per heavy atom. The third-order valence-electron chi connectivity index (χ3n) is 2.76. The summed E-state index contributed by atoms with van der Waals surface area (Å²) < 4.78 is 0. The Morgan fingerprint density at radius 1 is 1.33 bits per heavy atom. The summed E-state index contributed by atoms with van der Waals surface area (Å²) in [6.45, 7) is 0. The molecule has 0 saturated carbocycles. The summed E-state index contributed by atoms with van der Waals surface area (Å²) in [5.41, 5.74) is 10.0. The second kappa shape index (κ2) is 2.85. The minimum atomic E-state index is 0.650. The number of nitrogens with zero attached hydrogens (tertiary/aromatic N) is 1. The number of hydrogen-bond donors (Lipinski definition) is 1. The molecule has 1 aliphatic rings. The Labute approximate surface area is 91.6 Å². The van der Waals surface area contributed by atoms with E-state index in [-0.39, 0.29) is 0 Å². The van der Waals surface area contributed by atoms with Crippen molar-refractivity contribution in [2.45, 2.75) is 6.42 Å². The first-order chi connectivity index (χ1) is 7.31. The van der Waals surface area contributed by atoms with Crippen molar-refractivity contribution in [3.63, 3.8) is 0 Å². The van der Waals surface area contributed by atoms with Gasteiger partial charge in [-0.1, -0.05) is 24.3 Å². The Hall–Kier alpha value is -1.79. The van der Waals surface area contributed by atoms with E-state index in [1.807, 2.05) is 12.1 Å². The maximum atomic E-state index is 9.07. The summed E-state index contributed by atoms with van der Waals surface area (Å²) in [6.07, 6.45) is 0.919. The predicted molar refractivity (Wildman–Crippen MR) is 61.7 cm³/mol. The summed E-state index contributed by atoms with van der Waals surface area (Å²) in [4.78, 5) is 1.23. The highest BCUT2D eigenvalue weighted by molar-refractivity contribution is 7.16. The van der Waals surface area contributed by atoms with Gasteiger partial charge in [0.15, 0.2) is 0 Å². The number of hydrogen-bond acceptors (Lipinski definition) is 3. The van der Waals surface area contributed by atoms with Crippen LogP contribution in [0.2, 0.25) is 0 Å². The lowest BCUT2D eigenvalue weighted by Crippen LogP contribution is -1.85. The molecule has 3 rings (SSSR count). The van der Waals surface area contributed by atoms with Crippen molar-refractivity contribution in [1.82, 2.24) is 0 Å². The van der Waals surface area contributed by atoms with Crippen LogP contribution in [0.4, 0.5) is 5.00 Å². The van der Waals surface area contributed by atoms with Gasteiger partial charge in [0, 0.05) is 16.9 Å². The van der Waals surface area contributed by atoms with Crippen molar-refractivity contribution in [3.05, 3.63) is 40.3 Å². The number of anilines is 1.